The van der Waals surface area contributed by atoms with Crippen molar-refractivity contribution in [2.24, 2.45) is 11.8 Å². The maximum Gasteiger partial charge on any atom is 0.306 e. The number of carboxylic acid groups (broad SMARTS) is 1. The summed E-state index contributed by atoms with van der Waals surface area (Å²) in [6.45, 7) is 6.26. The highest BCUT2D eigenvalue weighted by Crippen LogP contribution is 2.17. The van der Waals surface area contributed by atoms with E-state index in [4.69, 9.17) is 9.66 Å². The number of rotatable bonds is 8. The number of nitrogens with one attached hydrogen (secondary N) is 1. The van der Waals surface area contributed by atoms with Gasteiger partial charge in [-0.1, -0.05) is 13.8 Å². The van der Waals surface area contributed by atoms with Crippen molar-refractivity contribution in [3.05, 3.63) is 0 Å². The number of aliphatic carboxylic acids is 1. The van der Waals surface area contributed by atoms with Gasteiger partial charge in [0.2, 0.25) is 5.91 Å². The van der Waals surface area contributed by atoms with Crippen molar-refractivity contribution in [3.63, 3.8) is 0 Å². The molecule has 0 aromatic carbocycles. The van der Waals surface area contributed by atoms with Gasteiger partial charge in [0.05, 0.1) is 17.2 Å². The van der Waals surface area contributed by atoms with Crippen LogP contribution in [0.5, 0.6) is 0 Å². The van der Waals surface area contributed by atoms with Crippen LogP contribution in [-0.4, -0.2) is 41.2 Å². The predicted molar refractivity (Wildman–Crippen MR) is 73.8 cm³/mol. The molecule has 118 valence electrons. The van der Waals surface area contributed by atoms with Crippen LogP contribution in [0.2, 0.25) is 0 Å². The molecule has 1 amide bonds. The van der Waals surface area contributed by atoms with Crippen LogP contribution < -0.4 is 5.32 Å². The Morgan fingerprint density at radius 2 is 1.80 bits per heavy atom. The molecule has 20 heavy (non-hydrogen) atoms. The number of carbonyl (C=O) groups excluding carboxylic acids is 1. The largest absolute Gasteiger partial charge is 0.481 e. The molecule has 2 atom stereocenters. The number of carboxylic acids is 1. The van der Waals surface area contributed by atoms with E-state index in [0.717, 1.165) is 0 Å². The number of hydrogen-bond acceptors (Lipinski definition) is 4. The zero-order chi connectivity index (χ0) is 16.1. The summed E-state index contributed by atoms with van der Waals surface area (Å²) in [5.41, 5.74) is -1.12. The maximum atomic E-state index is 11.9. The first-order valence-electron chi connectivity index (χ1n) is 6.38. The Morgan fingerprint density at radius 1 is 1.30 bits per heavy atom. The second-order valence-corrected chi connectivity index (χ2v) is 7.13. The molecule has 0 heterocycles. The zero-order valence-corrected chi connectivity index (χ0v) is 13.0. The lowest BCUT2D eigenvalue weighted by Gasteiger charge is -2.27. The molecule has 0 rings (SSSR count). The highest BCUT2D eigenvalue weighted by molar-refractivity contribution is 7.85. The normalized spacial score (nSPS) is 15.4. The second-order valence-electron chi connectivity index (χ2n) is 5.68. The molecule has 0 fully saturated rings. The monoisotopic (exact) mass is 309 g/mol. The Bertz CT molecular complexity index is 457. The van der Waals surface area contributed by atoms with Crippen LogP contribution >= 0.6 is 0 Å². The number of carbonyl (C=O) groups is 2. The van der Waals surface area contributed by atoms with Crippen LogP contribution in [0.3, 0.4) is 0 Å². The van der Waals surface area contributed by atoms with Crippen molar-refractivity contribution >= 4 is 22.0 Å². The van der Waals surface area contributed by atoms with Crippen LogP contribution in [-0.2, 0) is 19.7 Å². The fourth-order valence-electron chi connectivity index (χ4n) is 1.92. The van der Waals surface area contributed by atoms with Gasteiger partial charge in [0.15, 0.2) is 0 Å². The van der Waals surface area contributed by atoms with E-state index >= 15 is 0 Å². The molecule has 0 bridgehead atoms. The van der Waals surface area contributed by atoms with Crippen molar-refractivity contribution in [2.75, 3.05) is 5.75 Å². The van der Waals surface area contributed by atoms with Crippen LogP contribution in [0.4, 0.5) is 0 Å². The molecule has 2 unspecified atom stereocenters. The van der Waals surface area contributed by atoms with Crippen molar-refractivity contribution < 1.29 is 27.7 Å². The van der Waals surface area contributed by atoms with E-state index in [1.807, 2.05) is 0 Å². The summed E-state index contributed by atoms with van der Waals surface area (Å²) < 4.78 is 30.5. The van der Waals surface area contributed by atoms with E-state index < -0.39 is 45.1 Å². The van der Waals surface area contributed by atoms with E-state index in [1.54, 1.807) is 13.8 Å². The summed E-state index contributed by atoms with van der Waals surface area (Å²) in [6.07, 6.45) is 0.598. The lowest BCUT2D eigenvalue weighted by molar-refractivity contribution is -0.142. The van der Waals surface area contributed by atoms with Crippen molar-refractivity contribution in [3.8, 4) is 0 Å². The molecule has 0 aliphatic heterocycles. The fourth-order valence-corrected chi connectivity index (χ4v) is 2.91. The number of hydrogen-bond donors (Lipinski definition) is 3. The van der Waals surface area contributed by atoms with Gasteiger partial charge < -0.3 is 10.4 Å². The fraction of sp³-hybridized carbons (Fsp3) is 0.833. The molecule has 0 radical (unpaired) electrons. The zero-order valence-electron chi connectivity index (χ0n) is 12.2. The second kappa shape index (κ2) is 7.03. The first-order chi connectivity index (χ1) is 8.88. The third-order valence-corrected chi connectivity index (χ3v) is 4.02. The van der Waals surface area contributed by atoms with E-state index in [1.165, 1.54) is 13.8 Å². The molecule has 0 aliphatic rings. The molecule has 0 aromatic heterocycles. The quantitative estimate of drug-likeness (QED) is 0.573. The summed E-state index contributed by atoms with van der Waals surface area (Å²) in [5, 5.41) is 11.5. The van der Waals surface area contributed by atoms with Crippen molar-refractivity contribution in [1.29, 1.82) is 0 Å². The lowest BCUT2D eigenvalue weighted by Crippen LogP contribution is -2.50. The molecular formula is C12H23NO6S. The first kappa shape index (κ1) is 18.9. The maximum absolute atomic E-state index is 11.9. The van der Waals surface area contributed by atoms with Crippen LogP contribution in [0.1, 0.15) is 40.5 Å². The Hall–Kier alpha value is -1.15. The van der Waals surface area contributed by atoms with Gasteiger partial charge in [-0.05, 0) is 26.7 Å². The van der Waals surface area contributed by atoms with E-state index in [-0.39, 0.29) is 6.42 Å². The Labute approximate surface area is 119 Å². The number of amides is 1. The predicted octanol–water partition coefficient (Wildman–Crippen LogP) is 0.906. The Morgan fingerprint density at radius 3 is 2.15 bits per heavy atom. The first-order valence-corrected chi connectivity index (χ1v) is 7.99. The lowest BCUT2D eigenvalue weighted by atomic mass is 9.92. The minimum absolute atomic E-state index is 0.180. The van der Waals surface area contributed by atoms with Gasteiger partial charge in [-0.2, -0.15) is 8.42 Å². The molecule has 0 spiro atoms. The van der Waals surface area contributed by atoms with Crippen molar-refractivity contribution in [1.82, 2.24) is 5.32 Å². The molecule has 0 aromatic rings. The van der Waals surface area contributed by atoms with Gasteiger partial charge in [-0.3, -0.25) is 14.1 Å². The standard InChI is InChI=1S/C12H23NO6S/c1-5-9(11(15)16)6-8(2)10(14)13-12(3,4)7-20(17,18)19/h8-9H,5-7H2,1-4H3,(H,13,14)(H,15,16)(H,17,18,19). The molecule has 8 heteroatoms. The van der Waals surface area contributed by atoms with Gasteiger partial charge in [-0.25, -0.2) is 0 Å². The molecule has 0 saturated heterocycles. The SMILES string of the molecule is CCC(CC(C)C(=O)NC(C)(C)CS(=O)(=O)O)C(=O)O. The summed E-state index contributed by atoms with van der Waals surface area (Å²) in [5.74, 6) is -3.16. The van der Waals surface area contributed by atoms with Crippen LogP contribution in [0.25, 0.3) is 0 Å². The van der Waals surface area contributed by atoms with Gasteiger partial charge >= 0.3 is 5.97 Å². The molecular weight excluding hydrogens is 286 g/mol. The van der Waals surface area contributed by atoms with E-state index in [9.17, 15) is 18.0 Å². The Balaban J connectivity index is 4.64. The van der Waals surface area contributed by atoms with Crippen LogP contribution in [0, 0.1) is 11.8 Å². The topological polar surface area (TPSA) is 121 Å². The van der Waals surface area contributed by atoms with Gasteiger partial charge in [0, 0.05) is 5.92 Å². The minimum atomic E-state index is -4.20. The average molecular weight is 309 g/mol. The average Bonchev–Trinajstić information content (AvgIpc) is 2.20. The van der Waals surface area contributed by atoms with Gasteiger partial charge in [-0.15, -0.1) is 0 Å². The third kappa shape index (κ3) is 7.44. The van der Waals surface area contributed by atoms with E-state index in [0.29, 0.717) is 6.42 Å². The van der Waals surface area contributed by atoms with Gasteiger partial charge in [0.1, 0.15) is 0 Å². The summed E-state index contributed by atoms with van der Waals surface area (Å²) in [7, 11) is -4.20. The molecule has 3 N–H and O–H groups in total. The van der Waals surface area contributed by atoms with Crippen molar-refractivity contribution in [2.45, 2.75) is 46.1 Å². The molecule has 0 saturated carbocycles. The Kier molecular flexibility index (Phi) is 6.63. The third-order valence-electron chi connectivity index (χ3n) is 2.93. The summed E-state index contributed by atoms with van der Waals surface area (Å²) in [4.78, 5) is 22.9. The van der Waals surface area contributed by atoms with Crippen LogP contribution in [0.15, 0.2) is 0 Å². The highest BCUT2D eigenvalue weighted by Gasteiger charge is 2.30. The van der Waals surface area contributed by atoms with Gasteiger partial charge in [0.25, 0.3) is 10.1 Å². The minimum Gasteiger partial charge on any atom is -0.481 e. The van der Waals surface area contributed by atoms with E-state index in [2.05, 4.69) is 5.32 Å². The summed E-state index contributed by atoms with van der Waals surface area (Å²) >= 11 is 0. The smallest absolute Gasteiger partial charge is 0.306 e. The summed E-state index contributed by atoms with van der Waals surface area (Å²) in [6, 6.07) is 0. The highest BCUT2D eigenvalue weighted by atomic mass is 32.2. The molecule has 0 aliphatic carbocycles. The molecule has 7 nitrogen and oxygen atoms in total.